The standard InChI is InChI=1S/C13H24N2O3/c1-8(2)7-10(13(17)18-4)15-12(16)11-9(3)5-6-14-11/h8-11,14H,5-7H2,1-4H3,(H,15,16). The fourth-order valence-corrected chi connectivity index (χ4v) is 2.27. The number of ether oxygens (including phenoxy) is 1. The molecule has 3 atom stereocenters. The zero-order valence-corrected chi connectivity index (χ0v) is 11.7. The van der Waals surface area contributed by atoms with Crippen molar-refractivity contribution in [2.45, 2.75) is 45.7 Å². The van der Waals surface area contributed by atoms with E-state index in [1.165, 1.54) is 7.11 Å². The van der Waals surface area contributed by atoms with Gasteiger partial charge in [0.05, 0.1) is 13.2 Å². The minimum atomic E-state index is -0.544. The Morgan fingerprint density at radius 1 is 1.44 bits per heavy atom. The maximum Gasteiger partial charge on any atom is 0.328 e. The van der Waals surface area contributed by atoms with Crippen LogP contribution in [0.4, 0.5) is 0 Å². The molecule has 5 heteroatoms. The number of nitrogens with one attached hydrogen (secondary N) is 2. The molecular formula is C13H24N2O3. The van der Waals surface area contributed by atoms with Gasteiger partial charge < -0.3 is 15.4 Å². The number of esters is 1. The van der Waals surface area contributed by atoms with Gasteiger partial charge in [-0.3, -0.25) is 4.79 Å². The number of amides is 1. The highest BCUT2D eigenvalue weighted by atomic mass is 16.5. The smallest absolute Gasteiger partial charge is 0.328 e. The number of hydrogen-bond acceptors (Lipinski definition) is 4. The minimum Gasteiger partial charge on any atom is -0.467 e. The van der Waals surface area contributed by atoms with Gasteiger partial charge in [0.25, 0.3) is 0 Å². The van der Waals surface area contributed by atoms with E-state index in [0.717, 1.165) is 13.0 Å². The van der Waals surface area contributed by atoms with Crippen molar-refractivity contribution in [3.8, 4) is 0 Å². The predicted octanol–water partition coefficient (Wildman–Crippen LogP) is 0.688. The van der Waals surface area contributed by atoms with Gasteiger partial charge in [0, 0.05) is 0 Å². The molecule has 5 nitrogen and oxygen atoms in total. The second kappa shape index (κ2) is 6.73. The number of carbonyl (C=O) groups is 2. The monoisotopic (exact) mass is 256 g/mol. The van der Waals surface area contributed by atoms with Gasteiger partial charge >= 0.3 is 5.97 Å². The average molecular weight is 256 g/mol. The maximum atomic E-state index is 12.1. The van der Waals surface area contributed by atoms with Gasteiger partial charge in [-0.2, -0.15) is 0 Å². The van der Waals surface area contributed by atoms with Crippen LogP contribution in [0.2, 0.25) is 0 Å². The van der Waals surface area contributed by atoms with Crippen LogP contribution in [0.1, 0.15) is 33.6 Å². The van der Waals surface area contributed by atoms with Crippen molar-refractivity contribution in [1.29, 1.82) is 0 Å². The fourth-order valence-electron chi connectivity index (χ4n) is 2.27. The molecule has 1 aliphatic rings. The molecule has 3 unspecified atom stereocenters. The molecule has 2 N–H and O–H groups in total. The SMILES string of the molecule is COC(=O)C(CC(C)C)NC(=O)C1NCCC1C. The normalized spacial score (nSPS) is 24.9. The van der Waals surface area contributed by atoms with Crippen molar-refractivity contribution >= 4 is 11.9 Å². The van der Waals surface area contributed by atoms with Gasteiger partial charge in [0.1, 0.15) is 6.04 Å². The quantitative estimate of drug-likeness (QED) is 0.710. The summed E-state index contributed by atoms with van der Waals surface area (Å²) in [7, 11) is 1.35. The highest BCUT2D eigenvalue weighted by Crippen LogP contribution is 2.15. The summed E-state index contributed by atoms with van der Waals surface area (Å²) in [5.41, 5.74) is 0. The van der Waals surface area contributed by atoms with E-state index in [0.29, 0.717) is 18.3 Å². The lowest BCUT2D eigenvalue weighted by molar-refractivity contribution is -0.145. The Morgan fingerprint density at radius 2 is 2.11 bits per heavy atom. The first-order valence-corrected chi connectivity index (χ1v) is 6.57. The van der Waals surface area contributed by atoms with Crippen LogP contribution < -0.4 is 10.6 Å². The third-order valence-electron chi connectivity index (χ3n) is 3.32. The molecule has 1 amide bonds. The first kappa shape index (κ1) is 15.0. The first-order chi connectivity index (χ1) is 8.45. The summed E-state index contributed by atoms with van der Waals surface area (Å²) in [6.45, 7) is 6.92. The van der Waals surface area contributed by atoms with Crippen LogP contribution in [0.3, 0.4) is 0 Å². The lowest BCUT2D eigenvalue weighted by atomic mass is 10.0. The molecule has 1 heterocycles. The van der Waals surface area contributed by atoms with Crippen LogP contribution in [0.5, 0.6) is 0 Å². The van der Waals surface area contributed by atoms with Crippen molar-refractivity contribution < 1.29 is 14.3 Å². The molecular weight excluding hydrogens is 232 g/mol. The summed E-state index contributed by atoms with van der Waals surface area (Å²) in [6, 6.07) is -0.735. The van der Waals surface area contributed by atoms with Gasteiger partial charge in [-0.15, -0.1) is 0 Å². The fraction of sp³-hybridized carbons (Fsp3) is 0.846. The van der Waals surface area contributed by atoms with E-state index < -0.39 is 6.04 Å². The second-order valence-corrected chi connectivity index (χ2v) is 5.41. The lowest BCUT2D eigenvalue weighted by Crippen LogP contribution is -2.50. The maximum absolute atomic E-state index is 12.1. The molecule has 0 bridgehead atoms. The Morgan fingerprint density at radius 3 is 2.56 bits per heavy atom. The van der Waals surface area contributed by atoms with Crippen molar-refractivity contribution in [2.75, 3.05) is 13.7 Å². The summed E-state index contributed by atoms with van der Waals surface area (Å²) in [6.07, 6.45) is 1.59. The van der Waals surface area contributed by atoms with E-state index in [1.807, 2.05) is 20.8 Å². The zero-order valence-electron chi connectivity index (χ0n) is 11.7. The van der Waals surface area contributed by atoms with Gasteiger partial charge in [0.15, 0.2) is 0 Å². The summed E-state index contributed by atoms with van der Waals surface area (Å²) >= 11 is 0. The van der Waals surface area contributed by atoms with E-state index >= 15 is 0 Å². The summed E-state index contributed by atoms with van der Waals surface area (Å²) < 4.78 is 4.73. The molecule has 1 saturated heterocycles. The summed E-state index contributed by atoms with van der Waals surface area (Å²) in [5.74, 6) is 0.157. The molecule has 0 saturated carbocycles. The molecule has 0 aliphatic carbocycles. The van der Waals surface area contributed by atoms with Crippen LogP contribution in [-0.4, -0.2) is 37.6 Å². The molecule has 0 aromatic carbocycles. The predicted molar refractivity (Wildman–Crippen MR) is 69.0 cm³/mol. The van der Waals surface area contributed by atoms with Crippen LogP contribution in [0.15, 0.2) is 0 Å². The summed E-state index contributed by atoms with van der Waals surface area (Å²) in [4.78, 5) is 23.7. The molecule has 1 rings (SSSR count). The minimum absolute atomic E-state index is 0.101. The van der Waals surface area contributed by atoms with Gasteiger partial charge in [0.2, 0.25) is 5.91 Å². The van der Waals surface area contributed by atoms with Crippen molar-refractivity contribution in [3.05, 3.63) is 0 Å². The summed E-state index contributed by atoms with van der Waals surface area (Å²) in [5, 5.41) is 5.95. The van der Waals surface area contributed by atoms with E-state index in [-0.39, 0.29) is 17.9 Å². The molecule has 0 radical (unpaired) electrons. The van der Waals surface area contributed by atoms with Crippen LogP contribution >= 0.6 is 0 Å². The average Bonchev–Trinajstić information content (AvgIpc) is 2.73. The molecule has 1 aliphatic heterocycles. The van der Waals surface area contributed by atoms with Crippen LogP contribution in [0.25, 0.3) is 0 Å². The molecule has 0 aromatic heterocycles. The topological polar surface area (TPSA) is 67.4 Å². The third kappa shape index (κ3) is 3.98. The number of methoxy groups -OCH3 is 1. The van der Waals surface area contributed by atoms with E-state index in [2.05, 4.69) is 10.6 Å². The van der Waals surface area contributed by atoms with Gasteiger partial charge in [-0.05, 0) is 31.2 Å². The molecule has 0 aromatic rings. The Kier molecular flexibility index (Phi) is 5.59. The van der Waals surface area contributed by atoms with E-state index in [4.69, 9.17) is 4.74 Å². The molecule has 0 spiro atoms. The molecule has 18 heavy (non-hydrogen) atoms. The van der Waals surface area contributed by atoms with Crippen molar-refractivity contribution in [1.82, 2.24) is 10.6 Å². The van der Waals surface area contributed by atoms with Gasteiger partial charge in [-0.1, -0.05) is 20.8 Å². The Bertz CT molecular complexity index is 305. The van der Waals surface area contributed by atoms with Crippen LogP contribution in [0, 0.1) is 11.8 Å². The highest BCUT2D eigenvalue weighted by molar-refractivity contribution is 5.87. The second-order valence-electron chi connectivity index (χ2n) is 5.41. The Hall–Kier alpha value is -1.10. The Balaban J connectivity index is 2.59. The molecule has 1 fully saturated rings. The third-order valence-corrected chi connectivity index (χ3v) is 3.32. The lowest BCUT2D eigenvalue weighted by Gasteiger charge is -2.22. The largest absolute Gasteiger partial charge is 0.467 e. The molecule has 104 valence electrons. The van der Waals surface area contributed by atoms with E-state index in [1.54, 1.807) is 0 Å². The van der Waals surface area contributed by atoms with Gasteiger partial charge in [-0.25, -0.2) is 4.79 Å². The zero-order chi connectivity index (χ0) is 13.7. The first-order valence-electron chi connectivity index (χ1n) is 6.57. The Labute approximate surface area is 109 Å². The van der Waals surface area contributed by atoms with E-state index in [9.17, 15) is 9.59 Å². The number of rotatable bonds is 5. The van der Waals surface area contributed by atoms with Crippen LogP contribution in [-0.2, 0) is 14.3 Å². The van der Waals surface area contributed by atoms with Crippen molar-refractivity contribution in [2.24, 2.45) is 11.8 Å². The number of hydrogen-bond donors (Lipinski definition) is 2. The highest BCUT2D eigenvalue weighted by Gasteiger charge is 2.32. The number of carbonyl (C=O) groups excluding carboxylic acids is 2. The van der Waals surface area contributed by atoms with Crippen molar-refractivity contribution in [3.63, 3.8) is 0 Å².